The van der Waals surface area contributed by atoms with Crippen molar-refractivity contribution in [3.8, 4) is 5.75 Å². The Bertz CT molecular complexity index is 1040. The Morgan fingerprint density at radius 2 is 1.32 bits per heavy atom. The van der Waals surface area contributed by atoms with Crippen LogP contribution in [0.15, 0.2) is 84.9 Å². The summed E-state index contributed by atoms with van der Waals surface area (Å²) in [7, 11) is 0. The minimum atomic E-state index is 0.328. The normalized spacial score (nSPS) is 28.1. The van der Waals surface area contributed by atoms with Gasteiger partial charge in [-0.25, -0.2) is 0 Å². The van der Waals surface area contributed by atoms with Gasteiger partial charge in [-0.3, -0.25) is 0 Å². The number of ether oxygens (including phenoxy) is 1. The highest BCUT2D eigenvalue weighted by Gasteiger charge is 2.50. The molecule has 0 aromatic heterocycles. The molecule has 0 aliphatic heterocycles. The fourth-order valence-corrected chi connectivity index (χ4v) is 7.63. The van der Waals surface area contributed by atoms with Crippen LogP contribution in [-0.2, 0) is 6.61 Å². The molecule has 176 valence electrons. The van der Waals surface area contributed by atoms with Crippen molar-refractivity contribution >= 4 is 0 Å². The highest BCUT2D eigenvalue weighted by molar-refractivity contribution is 5.42. The molecule has 4 aliphatic rings. The third-order valence-corrected chi connectivity index (χ3v) is 8.70. The van der Waals surface area contributed by atoms with Gasteiger partial charge >= 0.3 is 0 Å². The van der Waals surface area contributed by atoms with Crippen LogP contribution in [0.1, 0.15) is 67.6 Å². The average Bonchev–Trinajstić information content (AvgIpc) is 2.86. The molecule has 1 atom stereocenters. The number of hydrogen-bond donors (Lipinski definition) is 1. The van der Waals surface area contributed by atoms with Crippen LogP contribution in [0.5, 0.6) is 5.75 Å². The topological polar surface area (TPSA) is 21.3 Å². The average molecular weight is 452 g/mol. The van der Waals surface area contributed by atoms with Gasteiger partial charge in [0, 0.05) is 17.0 Å². The Hall–Kier alpha value is -2.58. The maximum absolute atomic E-state index is 6.39. The minimum Gasteiger partial charge on any atom is -0.489 e. The smallest absolute Gasteiger partial charge is 0.123 e. The van der Waals surface area contributed by atoms with E-state index in [0.717, 1.165) is 36.5 Å². The molecule has 4 aliphatic carbocycles. The van der Waals surface area contributed by atoms with E-state index >= 15 is 0 Å². The monoisotopic (exact) mass is 451 g/mol. The molecule has 3 aromatic rings. The van der Waals surface area contributed by atoms with E-state index < -0.39 is 0 Å². The Kier molecular flexibility index (Phi) is 6.18. The minimum absolute atomic E-state index is 0.328. The molecule has 1 N–H and O–H groups in total. The lowest BCUT2D eigenvalue weighted by Crippen LogP contribution is -2.58. The lowest BCUT2D eigenvalue weighted by atomic mass is 9.53. The quantitative estimate of drug-likeness (QED) is 0.367. The third-order valence-electron chi connectivity index (χ3n) is 8.70. The molecule has 1 unspecified atom stereocenters. The summed E-state index contributed by atoms with van der Waals surface area (Å²) >= 11 is 0. The van der Waals surface area contributed by atoms with Crippen molar-refractivity contribution in [1.29, 1.82) is 0 Å². The van der Waals surface area contributed by atoms with E-state index in [0.29, 0.717) is 18.1 Å². The van der Waals surface area contributed by atoms with Gasteiger partial charge < -0.3 is 10.1 Å². The van der Waals surface area contributed by atoms with Crippen LogP contribution >= 0.6 is 0 Å². The van der Waals surface area contributed by atoms with Crippen LogP contribution in [0.25, 0.3) is 0 Å². The van der Waals surface area contributed by atoms with Gasteiger partial charge in [0.2, 0.25) is 0 Å². The highest BCUT2D eigenvalue weighted by Crippen LogP contribution is 2.55. The van der Waals surface area contributed by atoms with Crippen LogP contribution in [0.4, 0.5) is 0 Å². The lowest BCUT2D eigenvalue weighted by Gasteiger charge is -2.57. The molecular weight excluding hydrogens is 414 g/mol. The predicted octanol–water partition coefficient (Wildman–Crippen LogP) is 7.35. The SMILES string of the molecule is c1ccc(COc2ccccc2C(CCNC23CC4CC(CC(C4)C2)C3)c2ccccc2)cc1. The van der Waals surface area contributed by atoms with Gasteiger partial charge in [0.25, 0.3) is 0 Å². The van der Waals surface area contributed by atoms with Gasteiger partial charge in [0.1, 0.15) is 12.4 Å². The zero-order chi connectivity index (χ0) is 22.8. The molecule has 2 nitrogen and oxygen atoms in total. The van der Waals surface area contributed by atoms with Crippen molar-refractivity contribution in [2.45, 2.75) is 63.0 Å². The number of para-hydroxylation sites is 1. The second kappa shape index (κ2) is 9.58. The number of hydrogen-bond acceptors (Lipinski definition) is 2. The largest absolute Gasteiger partial charge is 0.489 e. The number of nitrogens with one attached hydrogen (secondary N) is 1. The molecule has 34 heavy (non-hydrogen) atoms. The van der Waals surface area contributed by atoms with E-state index in [2.05, 4.69) is 90.2 Å². The lowest BCUT2D eigenvalue weighted by molar-refractivity contribution is -0.0196. The Morgan fingerprint density at radius 3 is 2.00 bits per heavy atom. The van der Waals surface area contributed by atoms with Crippen LogP contribution in [0.2, 0.25) is 0 Å². The van der Waals surface area contributed by atoms with Crippen LogP contribution in [0, 0.1) is 17.8 Å². The van der Waals surface area contributed by atoms with Gasteiger partial charge in [-0.15, -0.1) is 0 Å². The van der Waals surface area contributed by atoms with E-state index in [9.17, 15) is 0 Å². The molecule has 0 radical (unpaired) electrons. The molecule has 0 saturated heterocycles. The fourth-order valence-electron chi connectivity index (χ4n) is 7.63. The molecular formula is C32H37NO. The van der Waals surface area contributed by atoms with Gasteiger partial charge in [0.15, 0.2) is 0 Å². The van der Waals surface area contributed by atoms with Gasteiger partial charge in [0.05, 0.1) is 0 Å². The van der Waals surface area contributed by atoms with E-state index in [1.54, 1.807) is 0 Å². The van der Waals surface area contributed by atoms with Crippen molar-refractivity contribution < 1.29 is 4.74 Å². The molecule has 2 heteroatoms. The van der Waals surface area contributed by atoms with E-state index in [4.69, 9.17) is 4.74 Å². The molecule has 0 amide bonds. The summed E-state index contributed by atoms with van der Waals surface area (Å²) in [6, 6.07) is 30.2. The van der Waals surface area contributed by atoms with Crippen LogP contribution in [-0.4, -0.2) is 12.1 Å². The summed E-state index contributed by atoms with van der Waals surface area (Å²) in [5.74, 6) is 4.28. The maximum Gasteiger partial charge on any atom is 0.123 e. The summed E-state index contributed by atoms with van der Waals surface area (Å²) in [5, 5.41) is 4.13. The first-order valence-corrected chi connectivity index (χ1v) is 13.3. The number of benzene rings is 3. The maximum atomic E-state index is 6.39. The van der Waals surface area contributed by atoms with E-state index in [1.807, 2.05) is 0 Å². The molecule has 4 fully saturated rings. The Morgan fingerprint density at radius 1 is 0.735 bits per heavy atom. The van der Waals surface area contributed by atoms with E-state index in [1.165, 1.54) is 55.2 Å². The van der Waals surface area contributed by atoms with Crippen LogP contribution < -0.4 is 10.1 Å². The molecule has 7 rings (SSSR count). The first kappa shape index (κ1) is 21.9. The third kappa shape index (κ3) is 4.66. The van der Waals surface area contributed by atoms with Gasteiger partial charge in [-0.1, -0.05) is 78.9 Å². The zero-order valence-electron chi connectivity index (χ0n) is 20.2. The summed E-state index contributed by atoms with van der Waals surface area (Å²) in [6.07, 6.45) is 9.82. The summed E-state index contributed by atoms with van der Waals surface area (Å²) < 4.78 is 6.39. The van der Waals surface area contributed by atoms with Crippen molar-refractivity contribution in [2.24, 2.45) is 17.8 Å². The predicted molar refractivity (Wildman–Crippen MR) is 139 cm³/mol. The van der Waals surface area contributed by atoms with Crippen molar-refractivity contribution in [3.63, 3.8) is 0 Å². The summed E-state index contributed by atoms with van der Waals surface area (Å²) in [5.41, 5.74) is 4.30. The molecule has 0 heterocycles. The van der Waals surface area contributed by atoms with Crippen LogP contribution in [0.3, 0.4) is 0 Å². The van der Waals surface area contributed by atoms with Gasteiger partial charge in [-0.2, -0.15) is 0 Å². The molecule has 0 spiro atoms. The molecule has 4 bridgehead atoms. The van der Waals surface area contributed by atoms with E-state index in [-0.39, 0.29) is 0 Å². The summed E-state index contributed by atoms with van der Waals surface area (Å²) in [6.45, 7) is 1.67. The molecule has 3 aromatic carbocycles. The standard InChI is InChI=1S/C32H37NO/c1-3-9-24(10-4-1)23-34-31-14-8-7-13-30(31)29(28-11-5-2-6-12-28)15-16-33-32-20-25-17-26(21-32)19-27(18-25)22-32/h1-14,25-27,29,33H,15-23H2. The van der Waals surface area contributed by atoms with Crippen molar-refractivity contribution in [1.82, 2.24) is 5.32 Å². The summed E-state index contributed by atoms with van der Waals surface area (Å²) in [4.78, 5) is 0. The van der Waals surface area contributed by atoms with Crippen molar-refractivity contribution in [2.75, 3.05) is 6.54 Å². The zero-order valence-corrected chi connectivity index (χ0v) is 20.2. The second-order valence-corrected chi connectivity index (χ2v) is 11.2. The first-order chi connectivity index (χ1) is 16.8. The first-order valence-electron chi connectivity index (χ1n) is 13.3. The number of rotatable bonds is 9. The van der Waals surface area contributed by atoms with Crippen molar-refractivity contribution in [3.05, 3.63) is 102 Å². The Labute approximate surface area is 204 Å². The molecule has 4 saturated carbocycles. The second-order valence-electron chi connectivity index (χ2n) is 11.2. The highest BCUT2D eigenvalue weighted by atomic mass is 16.5. The fraction of sp³-hybridized carbons (Fsp3) is 0.438. The Balaban J connectivity index is 1.20. The van der Waals surface area contributed by atoms with Gasteiger partial charge in [-0.05, 0) is 86.4 Å².